The van der Waals surface area contributed by atoms with Crippen molar-refractivity contribution in [3.63, 3.8) is 0 Å². The average Bonchev–Trinajstić information content (AvgIpc) is 1.26. The number of nitrogens with two attached hydrogens (primary N) is 1. The lowest BCUT2D eigenvalue weighted by atomic mass is 9.99. The molecule has 16 aromatic rings. The van der Waals surface area contributed by atoms with Crippen LogP contribution in [0, 0.1) is 0 Å². The van der Waals surface area contributed by atoms with Crippen molar-refractivity contribution in [3.05, 3.63) is 370 Å². The third kappa shape index (κ3) is 29.1. The summed E-state index contributed by atoms with van der Waals surface area (Å²) in [4.78, 5) is 66.1. The van der Waals surface area contributed by atoms with Crippen LogP contribution in [0.4, 0.5) is 28.4 Å². The van der Waals surface area contributed by atoms with Gasteiger partial charge in [0.2, 0.25) is 0 Å². The predicted octanol–water partition coefficient (Wildman–Crippen LogP) is 20.8. The molecule has 0 radical (unpaired) electrons. The number of nitrogens with zero attached hydrogens (tertiary/aromatic N) is 17. The van der Waals surface area contributed by atoms with E-state index in [1.165, 1.54) is 75.8 Å². The quantitative estimate of drug-likeness (QED) is 0.0142. The van der Waals surface area contributed by atoms with Gasteiger partial charge in [0.15, 0.2) is 0 Å². The molecule has 139 heavy (non-hydrogen) atoms. The number of hydrogen-bond donors (Lipinski definition) is 7. The number of rotatable bonds is 36. The summed E-state index contributed by atoms with van der Waals surface area (Å²) in [6, 6.07) is 76.1. The van der Waals surface area contributed by atoms with Gasteiger partial charge in [0.25, 0.3) is 0 Å². The molecule has 4 saturated heterocycles. The Labute approximate surface area is 836 Å². The topological polar surface area (TPSA) is 248 Å². The molecule has 4 aliphatic heterocycles. The van der Waals surface area contributed by atoms with Crippen molar-refractivity contribution < 1.29 is 0 Å². The number of nitrogen functional groups attached to an aromatic ring is 1. The first kappa shape index (κ1) is 98.5. The zero-order valence-corrected chi connectivity index (χ0v) is 82.0. The maximum atomic E-state index is 6.16. The summed E-state index contributed by atoms with van der Waals surface area (Å²) < 4.78 is 0. The molecule has 24 nitrogen and oxygen atoms in total. The lowest BCUT2D eigenvalue weighted by Crippen LogP contribution is -2.48. The second kappa shape index (κ2) is 51.2. The van der Waals surface area contributed by atoms with Crippen LogP contribution in [0.1, 0.15) is 102 Å². The minimum Gasteiger partial charge on any atom is -0.399 e. The van der Waals surface area contributed by atoms with E-state index in [0.717, 1.165) is 260 Å². The van der Waals surface area contributed by atoms with E-state index in [1.807, 2.05) is 178 Å². The number of imidazole rings is 2. The fourth-order valence-electron chi connectivity index (χ4n) is 19.6. The van der Waals surface area contributed by atoms with Gasteiger partial charge in [-0.2, -0.15) is 0 Å². The maximum absolute atomic E-state index is 6.16. The van der Waals surface area contributed by atoms with Gasteiger partial charge in [0, 0.05) is 273 Å². The highest BCUT2D eigenvalue weighted by Gasteiger charge is 2.30. The van der Waals surface area contributed by atoms with Gasteiger partial charge in [-0.1, -0.05) is 119 Å². The number of H-pyrrole nitrogens is 2. The van der Waals surface area contributed by atoms with Gasteiger partial charge in [-0.05, 0) is 283 Å². The van der Waals surface area contributed by atoms with Crippen LogP contribution in [0.5, 0.6) is 0 Å². The van der Waals surface area contributed by atoms with Crippen LogP contribution >= 0.6 is 46.4 Å². The fourth-order valence-corrected chi connectivity index (χ4v) is 20.2. The SMILES string of the molecule is Clc1ccc2c(N3CCN(CCNC(c4ccccc4)c4ccccc4)CC3)ccnc2c1.Clc1ccc2c(NCCCN3CCC(N(Cc4ccncc4)Cc4cnc[nH]4)CC3)ccnc2c1.Clc1ccc2c(NCCCN3CCC(N(Cc4ccncc4)Cc4ncc[nH]4)CC3)ccnc2c1.Nc1ccc(CN(Cc2ccncc2)C2CCN(CCNc3ccnc4cc(Cl)ccc34)CC2)cc1. The first-order valence-electron chi connectivity index (χ1n) is 49.0. The zero-order valence-electron chi connectivity index (χ0n) is 79.0. The third-order valence-corrected chi connectivity index (χ3v) is 28.0. The molecule has 28 heteroatoms. The van der Waals surface area contributed by atoms with E-state index in [9.17, 15) is 0 Å². The summed E-state index contributed by atoms with van der Waals surface area (Å²) in [7, 11) is 0. The standard InChI is InChI=1S/C29H33ClN6.C28H29ClN4.2C27H32ClN7/c30-24-3-6-27-28(9-14-33-29(27)19-24)34-15-18-35-16-10-26(11-17-35)36(21-23-7-12-32-13-8-23)20-22-1-4-25(31)5-2-22;29-24-11-12-25-26(21-24)30-14-13-27(25)33-19-17-32(18-20-33)16-15-31-28(22-7-3-1-4-8-22)23-9-5-2-6-10-23;28-22-2-3-24-25(6-12-31-26(24)18-22)30-9-1-15-34-16-7-23(8-17-34)35(20-27-32-13-14-33-27)19-21-4-10-29-11-5-21;28-22-2-3-25-26(6-12-32-27(25)16-22)31-9-1-13-34-14-7-24(8-15-34)35(19-23-17-30-20-33-23)18-21-4-10-29-11-5-21/h1-9,12-14,19,26H,10-11,15-18,20-21,31H2,(H,33,34);1-14,21,28,31H,15-20H2;2-6,10-14,18,23H,1,7-9,15-17,19-20H2,(H,30,31)(H,32,33);2-6,10-12,16-17,20,24H,1,7-9,13-15,18-19H2,(H,30,33)(H,31,32). The van der Waals surface area contributed by atoms with Gasteiger partial charge < -0.3 is 56.6 Å². The van der Waals surface area contributed by atoms with Crippen molar-refractivity contribution >= 4 is 118 Å². The van der Waals surface area contributed by atoms with Crippen LogP contribution in [0.25, 0.3) is 43.6 Å². The number of aromatic amines is 2. The molecule has 4 aliphatic rings. The zero-order chi connectivity index (χ0) is 95.0. The number of benzene rings is 7. The summed E-state index contributed by atoms with van der Waals surface area (Å²) in [5.74, 6) is 1.03. The summed E-state index contributed by atoms with van der Waals surface area (Å²) in [6.45, 7) is 24.3. The Hall–Kier alpha value is -12.1. The number of piperidine rings is 3. The van der Waals surface area contributed by atoms with Crippen molar-refractivity contribution in [3.8, 4) is 0 Å². The first-order chi connectivity index (χ1) is 68.4. The normalized spacial score (nSPS) is 15.0. The van der Waals surface area contributed by atoms with E-state index in [4.69, 9.17) is 52.1 Å². The molecule has 0 unspecified atom stereocenters. The van der Waals surface area contributed by atoms with Gasteiger partial charge in [-0.15, -0.1) is 0 Å². The van der Waals surface area contributed by atoms with Crippen molar-refractivity contribution in [1.29, 1.82) is 0 Å². The van der Waals surface area contributed by atoms with Gasteiger partial charge in [-0.3, -0.25) is 54.5 Å². The third-order valence-electron chi connectivity index (χ3n) is 27.1. The Kier molecular flexibility index (Phi) is 36.3. The molecule has 718 valence electrons. The maximum Gasteiger partial charge on any atom is 0.120 e. The molecule has 7 aromatic carbocycles. The monoisotopic (exact) mass is 1930 g/mol. The molecule has 20 rings (SSSR count). The summed E-state index contributed by atoms with van der Waals surface area (Å²) >= 11 is 24.5. The number of pyridine rings is 7. The molecule has 9 aromatic heterocycles. The summed E-state index contributed by atoms with van der Waals surface area (Å²) in [5, 5.41) is 22.0. The Bertz CT molecular complexity index is 6130. The molecule has 8 N–H and O–H groups in total. The molecular formula is C111H126Cl4N24. The highest BCUT2D eigenvalue weighted by Crippen LogP contribution is 2.34. The number of hydrogen-bond acceptors (Lipinski definition) is 22. The molecule has 0 aliphatic carbocycles. The second-order valence-corrected chi connectivity index (χ2v) is 38.2. The number of fused-ring (bicyclic) bond motifs is 4. The van der Waals surface area contributed by atoms with Crippen molar-refractivity contribution in [1.82, 2.24) is 94.4 Å². The largest absolute Gasteiger partial charge is 0.399 e. The van der Waals surface area contributed by atoms with Crippen LogP contribution in [-0.4, -0.2) is 225 Å². The lowest BCUT2D eigenvalue weighted by Gasteiger charge is -2.39. The molecule has 0 bridgehead atoms. The van der Waals surface area contributed by atoms with Crippen LogP contribution in [0.15, 0.2) is 305 Å². The van der Waals surface area contributed by atoms with E-state index in [2.05, 4.69) is 237 Å². The van der Waals surface area contributed by atoms with Crippen LogP contribution < -0.4 is 31.9 Å². The van der Waals surface area contributed by atoms with Crippen LogP contribution in [0.3, 0.4) is 0 Å². The number of halogens is 4. The van der Waals surface area contributed by atoms with Crippen molar-refractivity contribution in [2.45, 2.75) is 115 Å². The smallest absolute Gasteiger partial charge is 0.120 e. The highest BCUT2D eigenvalue weighted by atomic mass is 35.5. The molecule has 4 fully saturated rings. The Balaban J connectivity index is 0.000000128. The van der Waals surface area contributed by atoms with E-state index in [1.54, 1.807) is 6.33 Å². The molecular weight excluding hydrogens is 1810 g/mol. The van der Waals surface area contributed by atoms with Gasteiger partial charge >= 0.3 is 0 Å². The number of piperazine rings is 1. The van der Waals surface area contributed by atoms with Crippen LogP contribution in [0.2, 0.25) is 20.1 Å². The minimum atomic E-state index is 0.212. The lowest BCUT2D eigenvalue weighted by molar-refractivity contribution is 0.0945. The minimum absolute atomic E-state index is 0.212. The Morgan fingerprint density at radius 3 is 1.17 bits per heavy atom. The van der Waals surface area contributed by atoms with Gasteiger partial charge in [0.05, 0.1) is 41.0 Å². The number of nitrogens with one attached hydrogen (secondary N) is 6. The van der Waals surface area contributed by atoms with Gasteiger partial charge in [0.1, 0.15) is 5.82 Å². The fraction of sp³-hybridized carbons (Fsp3) is 0.324. The molecule has 0 amide bonds. The summed E-state index contributed by atoms with van der Waals surface area (Å²) in [5.41, 5.74) is 24.0. The predicted molar refractivity (Wildman–Crippen MR) is 570 cm³/mol. The van der Waals surface area contributed by atoms with Gasteiger partial charge in [-0.25, -0.2) is 9.97 Å². The molecule has 0 atom stereocenters. The molecule has 0 spiro atoms. The average molecular weight is 1940 g/mol. The highest BCUT2D eigenvalue weighted by molar-refractivity contribution is 6.32. The van der Waals surface area contributed by atoms with E-state index < -0.39 is 0 Å². The molecule has 13 heterocycles. The Morgan fingerprint density at radius 1 is 0.345 bits per heavy atom. The van der Waals surface area contributed by atoms with E-state index in [-0.39, 0.29) is 6.04 Å². The van der Waals surface area contributed by atoms with Crippen LogP contribution in [-0.2, 0) is 39.3 Å². The first-order valence-corrected chi connectivity index (χ1v) is 50.5. The van der Waals surface area contributed by atoms with E-state index in [0.29, 0.717) is 28.2 Å². The van der Waals surface area contributed by atoms with Crippen molar-refractivity contribution in [2.75, 3.05) is 144 Å². The second-order valence-electron chi connectivity index (χ2n) is 36.4. The van der Waals surface area contributed by atoms with E-state index >= 15 is 0 Å². The molecule has 0 saturated carbocycles. The van der Waals surface area contributed by atoms with Crippen molar-refractivity contribution in [2.24, 2.45) is 0 Å². The number of aromatic nitrogens is 11. The number of anilines is 5. The number of likely N-dealkylation sites (tertiary alicyclic amines) is 3. The Morgan fingerprint density at radius 2 is 0.734 bits per heavy atom. The summed E-state index contributed by atoms with van der Waals surface area (Å²) in [6.07, 6.45) is 35.4.